The quantitative estimate of drug-likeness (QED) is 0.277. The van der Waals surface area contributed by atoms with Crippen LogP contribution in [0.5, 0.6) is 0 Å². The molecule has 2 aliphatic heterocycles. The van der Waals surface area contributed by atoms with Gasteiger partial charge in [0.15, 0.2) is 11.6 Å². The van der Waals surface area contributed by atoms with E-state index < -0.39 is 11.2 Å². The van der Waals surface area contributed by atoms with Crippen LogP contribution >= 0.6 is 0 Å². The number of hydrogen-bond acceptors (Lipinski definition) is 6. The van der Waals surface area contributed by atoms with Gasteiger partial charge in [-0.3, -0.25) is 14.7 Å². The average Bonchev–Trinajstić information content (AvgIpc) is 3.29. The van der Waals surface area contributed by atoms with E-state index in [0.717, 1.165) is 46.4 Å². The fourth-order valence-corrected chi connectivity index (χ4v) is 7.53. The smallest absolute Gasteiger partial charge is 0.237 e. The van der Waals surface area contributed by atoms with E-state index in [1.54, 1.807) is 18.6 Å². The van der Waals surface area contributed by atoms with Gasteiger partial charge in [-0.05, 0) is 95.5 Å². The highest BCUT2D eigenvalue weighted by Gasteiger charge is 2.53. The van der Waals surface area contributed by atoms with Gasteiger partial charge in [0.05, 0.1) is 34.8 Å². The second-order valence-corrected chi connectivity index (χ2v) is 14.0. The lowest BCUT2D eigenvalue weighted by Gasteiger charge is -2.46. The number of carbonyl (C=O) groups excluding carboxylic acids is 1. The number of benzene rings is 1. The molecule has 1 spiro atoms. The molecule has 1 aromatic carbocycles. The number of halogens is 1. The summed E-state index contributed by atoms with van der Waals surface area (Å²) in [4.78, 5) is 32.2. The molecule has 0 bridgehead atoms. The lowest BCUT2D eigenvalue weighted by Crippen LogP contribution is -2.55. The summed E-state index contributed by atoms with van der Waals surface area (Å²) in [5.74, 6) is 0.253. The van der Waals surface area contributed by atoms with Crippen LogP contribution in [0, 0.1) is 11.2 Å². The van der Waals surface area contributed by atoms with E-state index >= 15 is 0 Å². The van der Waals surface area contributed by atoms with Crippen molar-refractivity contribution in [2.24, 2.45) is 5.41 Å². The Bertz CT molecular complexity index is 1770. The van der Waals surface area contributed by atoms with Gasteiger partial charge in [-0.25, -0.2) is 14.4 Å². The number of anilines is 3. The number of pyridine rings is 2. The van der Waals surface area contributed by atoms with Gasteiger partial charge in [0, 0.05) is 42.1 Å². The minimum atomic E-state index is -0.580. The molecule has 0 atom stereocenters. The number of nitrogens with zero attached hydrogens (tertiary/aromatic N) is 6. The zero-order valence-corrected chi connectivity index (χ0v) is 25.3. The van der Waals surface area contributed by atoms with Crippen molar-refractivity contribution in [3.05, 3.63) is 60.4 Å². The minimum Gasteiger partial charge on any atom is -0.336 e. The predicted molar refractivity (Wildman–Crippen MR) is 166 cm³/mol. The topological polar surface area (TPSA) is 79.2 Å². The highest BCUT2D eigenvalue weighted by molar-refractivity contribution is 6.08. The van der Waals surface area contributed by atoms with Gasteiger partial charge in [0.1, 0.15) is 5.52 Å². The highest BCUT2D eigenvalue weighted by Crippen LogP contribution is 2.55. The number of hydrogen-bond donors (Lipinski definition) is 1. The van der Waals surface area contributed by atoms with Gasteiger partial charge in [0.25, 0.3) is 0 Å². The Kier molecular flexibility index (Phi) is 5.80. The Morgan fingerprint density at radius 3 is 2.60 bits per heavy atom. The minimum absolute atomic E-state index is 0.143. The van der Waals surface area contributed by atoms with Gasteiger partial charge in [-0.15, -0.1) is 0 Å². The van der Waals surface area contributed by atoms with Crippen molar-refractivity contribution in [2.45, 2.75) is 83.3 Å². The largest absolute Gasteiger partial charge is 0.336 e. The molecule has 2 saturated carbocycles. The molecule has 8 nitrogen and oxygen atoms in total. The summed E-state index contributed by atoms with van der Waals surface area (Å²) in [6.07, 6.45) is 10.7. The van der Waals surface area contributed by atoms with Crippen molar-refractivity contribution in [2.75, 3.05) is 23.3 Å². The van der Waals surface area contributed by atoms with Crippen molar-refractivity contribution in [3.8, 4) is 11.3 Å². The second kappa shape index (κ2) is 9.32. The SMILES string of the molecule is CC(C)n1cnc2cc(-c3ccc4c(c3)N([C@H]3C[C@@H](N5CCC6(CC6)C5)C3)C(=O)C4(C)C)nc(Nc3ccncc3F)c21. The van der Waals surface area contributed by atoms with Crippen LogP contribution in [0.4, 0.5) is 21.6 Å². The molecule has 3 fully saturated rings. The molecule has 9 heteroatoms. The van der Waals surface area contributed by atoms with Crippen molar-refractivity contribution in [1.82, 2.24) is 24.4 Å². The van der Waals surface area contributed by atoms with Crippen LogP contribution in [0.25, 0.3) is 22.3 Å². The fraction of sp³-hybridized carbons (Fsp3) is 0.471. The van der Waals surface area contributed by atoms with E-state index in [-0.39, 0.29) is 18.0 Å². The van der Waals surface area contributed by atoms with E-state index in [1.807, 2.05) is 30.5 Å². The average molecular weight is 580 g/mol. The zero-order valence-electron chi connectivity index (χ0n) is 25.3. The summed E-state index contributed by atoms with van der Waals surface area (Å²) in [5, 5.41) is 3.21. The van der Waals surface area contributed by atoms with E-state index in [2.05, 4.69) is 46.1 Å². The first-order chi connectivity index (χ1) is 20.6. The maximum atomic E-state index is 14.7. The number of rotatable bonds is 6. The lowest BCUT2D eigenvalue weighted by molar-refractivity contribution is -0.123. The van der Waals surface area contributed by atoms with E-state index in [4.69, 9.17) is 9.97 Å². The monoisotopic (exact) mass is 579 g/mol. The summed E-state index contributed by atoms with van der Waals surface area (Å²) in [7, 11) is 0. The first-order valence-electron chi connectivity index (χ1n) is 15.6. The third-order valence-electron chi connectivity index (χ3n) is 10.5. The van der Waals surface area contributed by atoms with Crippen molar-refractivity contribution in [3.63, 3.8) is 0 Å². The van der Waals surface area contributed by atoms with Gasteiger partial charge in [0.2, 0.25) is 5.91 Å². The Hall–Kier alpha value is -3.85. The molecule has 1 amide bonds. The zero-order chi connectivity index (χ0) is 29.7. The summed E-state index contributed by atoms with van der Waals surface area (Å²) in [6.45, 7) is 10.7. The predicted octanol–water partition coefficient (Wildman–Crippen LogP) is 6.60. The standard InChI is InChI=1S/C34H38FN7O/c1-20(2)41-19-37-28-16-27(39-31(30(28)41)38-26-7-11-36-17-25(26)35)21-5-6-24-29(13-21)42(32(43)33(24,3)4)23-14-22(15-23)40-12-10-34(18-40)8-9-34/h5-7,11,13,16-17,19-20,22-23H,8-10,12,14-15,18H2,1-4H3,(H,36,38,39)/t22-,23+. The van der Waals surface area contributed by atoms with Crippen LogP contribution in [0.15, 0.2) is 49.1 Å². The molecule has 0 radical (unpaired) electrons. The maximum absolute atomic E-state index is 14.7. The number of carbonyl (C=O) groups is 1. The summed E-state index contributed by atoms with van der Waals surface area (Å²) in [5.41, 5.74) is 5.59. The van der Waals surface area contributed by atoms with E-state index in [0.29, 0.717) is 23.0 Å². The molecular formula is C34H38FN7O. The molecule has 1 N–H and O–H groups in total. The van der Waals surface area contributed by atoms with Gasteiger partial charge in [-0.1, -0.05) is 12.1 Å². The lowest BCUT2D eigenvalue weighted by atomic mass is 9.83. The van der Waals surface area contributed by atoms with Crippen LogP contribution in [0.3, 0.4) is 0 Å². The molecule has 5 heterocycles. The molecule has 4 aromatic rings. The van der Waals surface area contributed by atoms with Crippen molar-refractivity contribution >= 4 is 34.1 Å². The molecule has 222 valence electrons. The number of likely N-dealkylation sites (tertiary alicyclic amines) is 1. The van der Waals surface area contributed by atoms with Crippen LogP contribution < -0.4 is 10.2 Å². The van der Waals surface area contributed by atoms with Crippen molar-refractivity contribution in [1.29, 1.82) is 0 Å². The van der Waals surface area contributed by atoms with Crippen LogP contribution in [-0.2, 0) is 10.2 Å². The molecule has 4 aliphatic rings. The molecule has 0 unspecified atom stereocenters. The van der Waals surface area contributed by atoms with Crippen LogP contribution in [0.2, 0.25) is 0 Å². The molecule has 8 rings (SSSR count). The fourth-order valence-electron chi connectivity index (χ4n) is 7.53. The summed E-state index contributed by atoms with van der Waals surface area (Å²) < 4.78 is 16.7. The van der Waals surface area contributed by atoms with Gasteiger partial charge in [-0.2, -0.15) is 0 Å². The molecule has 43 heavy (non-hydrogen) atoms. The Labute approximate surface area is 251 Å². The Morgan fingerprint density at radius 1 is 1.07 bits per heavy atom. The third-order valence-corrected chi connectivity index (χ3v) is 10.5. The molecule has 3 aromatic heterocycles. The Balaban J connectivity index is 1.15. The number of fused-ring (bicyclic) bond motifs is 2. The first kappa shape index (κ1) is 26.8. The highest BCUT2D eigenvalue weighted by atomic mass is 19.1. The number of aromatic nitrogens is 4. The third kappa shape index (κ3) is 4.18. The molecular weight excluding hydrogens is 541 g/mol. The number of imidazole rings is 1. The first-order valence-corrected chi connectivity index (χ1v) is 15.6. The molecule has 1 saturated heterocycles. The van der Waals surface area contributed by atoms with E-state index in [1.165, 1.54) is 38.5 Å². The number of amides is 1. The Morgan fingerprint density at radius 2 is 1.88 bits per heavy atom. The number of nitrogens with one attached hydrogen (secondary N) is 1. The maximum Gasteiger partial charge on any atom is 0.237 e. The van der Waals surface area contributed by atoms with E-state index in [9.17, 15) is 9.18 Å². The van der Waals surface area contributed by atoms with Gasteiger partial charge >= 0.3 is 0 Å². The van der Waals surface area contributed by atoms with Gasteiger partial charge < -0.3 is 14.8 Å². The summed E-state index contributed by atoms with van der Waals surface area (Å²) in [6, 6.07) is 10.8. The van der Waals surface area contributed by atoms with Crippen molar-refractivity contribution < 1.29 is 9.18 Å². The normalized spacial score (nSPS) is 23.8. The molecule has 2 aliphatic carbocycles. The van der Waals surface area contributed by atoms with Crippen LogP contribution in [-0.4, -0.2) is 55.5 Å². The van der Waals surface area contributed by atoms with Crippen LogP contribution in [0.1, 0.15) is 71.4 Å². The summed E-state index contributed by atoms with van der Waals surface area (Å²) >= 11 is 0. The second-order valence-electron chi connectivity index (χ2n) is 14.0.